The maximum absolute atomic E-state index is 14.2. The number of aliphatic hydroxyl groups is 1. The van der Waals surface area contributed by atoms with Crippen LogP contribution in [0.25, 0.3) is 0 Å². The Labute approximate surface area is 217 Å². The molecule has 192 valence electrons. The highest BCUT2D eigenvalue weighted by Crippen LogP contribution is 2.65. The minimum absolute atomic E-state index is 0.0793. The summed E-state index contributed by atoms with van der Waals surface area (Å²) in [6.45, 7) is 5.59. The zero-order valence-corrected chi connectivity index (χ0v) is 21.8. The molecule has 1 aromatic rings. The van der Waals surface area contributed by atoms with Crippen LogP contribution in [0.5, 0.6) is 0 Å². The first-order valence-electron chi connectivity index (χ1n) is 13.0. The van der Waals surface area contributed by atoms with Crippen molar-refractivity contribution in [3.63, 3.8) is 0 Å². The number of carbonyl (C=O) groups excluding carboxylic acids is 3. The number of likely N-dealkylation sites (tertiary alicyclic amines) is 1. The van der Waals surface area contributed by atoms with Crippen molar-refractivity contribution < 1.29 is 19.5 Å². The number of aliphatic hydroxyl groups excluding tert-OH is 1. The number of thioether (sulfide) groups is 1. The van der Waals surface area contributed by atoms with Gasteiger partial charge in [0.25, 0.3) is 0 Å². The third kappa shape index (κ3) is 3.80. The normalized spacial score (nSPS) is 33.5. The lowest BCUT2D eigenvalue weighted by Gasteiger charge is -2.36. The van der Waals surface area contributed by atoms with E-state index in [0.717, 1.165) is 24.9 Å². The van der Waals surface area contributed by atoms with Gasteiger partial charge in [0.05, 0.1) is 23.2 Å². The van der Waals surface area contributed by atoms with E-state index < -0.39 is 27.4 Å². The quantitative estimate of drug-likeness (QED) is 0.452. The van der Waals surface area contributed by atoms with E-state index >= 15 is 0 Å². The minimum atomic E-state index is -0.859. The molecule has 0 radical (unpaired) electrons. The molecule has 0 aromatic heterocycles. The molecule has 4 heterocycles. The van der Waals surface area contributed by atoms with Gasteiger partial charge < -0.3 is 19.8 Å². The number of anilines is 1. The second kappa shape index (κ2) is 9.71. The van der Waals surface area contributed by atoms with Crippen LogP contribution in [-0.2, 0) is 14.4 Å². The van der Waals surface area contributed by atoms with Crippen LogP contribution in [0, 0.1) is 11.8 Å². The number of hydrogen-bond donors (Lipinski definition) is 1. The monoisotopic (exact) mass is 509 g/mol. The summed E-state index contributed by atoms with van der Waals surface area (Å²) in [5.41, 5.74) is 0.797. The van der Waals surface area contributed by atoms with E-state index in [0.29, 0.717) is 19.6 Å². The van der Waals surface area contributed by atoms with E-state index in [2.05, 4.69) is 13.0 Å². The van der Waals surface area contributed by atoms with Gasteiger partial charge in [0.15, 0.2) is 0 Å². The molecule has 1 spiro atoms. The fourth-order valence-electron chi connectivity index (χ4n) is 6.51. The second-order valence-corrected chi connectivity index (χ2v) is 12.1. The molecule has 2 saturated heterocycles. The Bertz CT molecular complexity index is 1090. The molecule has 0 aliphatic carbocycles. The molecule has 1 aromatic carbocycles. The van der Waals surface area contributed by atoms with E-state index in [4.69, 9.17) is 0 Å². The van der Waals surface area contributed by atoms with E-state index in [-0.39, 0.29) is 30.9 Å². The SMILES string of the molecule is CCCCCN1CC=C[C@]23S[C@@]4(C)C=CCN(c5ccccc5)C(=O)[C@H]4[C@H]2C(=O)N(CCO)C3C1=O. The molecule has 4 aliphatic rings. The summed E-state index contributed by atoms with van der Waals surface area (Å²) < 4.78 is -1.49. The molecule has 0 saturated carbocycles. The molecular formula is C28H35N3O4S. The van der Waals surface area contributed by atoms with Gasteiger partial charge in [-0.15, -0.1) is 11.8 Å². The third-order valence-electron chi connectivity index (χ3n) is 8.08. The van der Waals surface area contributed by atoms with Gasteiger partial charge in [-0.1, -0.05) is 62.3 Å². The lowest BCUT2D eigenvalue weighted by molar-refractivity contribution is -0.143. The Morgan fingerprint density at radius 1 is 0.944 bits per heavy atom. The van der Waals surface area contributed by atoms with Crippen molar-refractivity contribution in [3.05, 3.63) is 54.6 Å². The first-order valence-corrected chi connectivity index (χ1v) is 13.8. The summed E-state index contributed by atoms with van der Waals surface area (Å²) in [5, 5.41) is 9.83. The molecule has 36 heavy (non-hydrogen) atoms. The fourth-order valence-corrected chi connectivity index (χ4v) is 8.67. The van der Waals surface area contributed by atoms with E-state index in [1.807, 2.05) is 60.4 Å². The number of amides is 3. The number of nitrogens with zero attached hydrogens (tertiary/aromatic N) is 3. The standard InChI is InChI=1S/C28H35N3O4S/c1-3-4-8-15-29-16-10-14-28-22(25(34)31(18-19-32)23(28)26(29)35)21-24(33)30(20-11-6-5-7-12-20)17-9-13-27(21,2)36-28/h5-7,9-14,21-23,32H,3-4,8,15-19H2,1-2H3/t21-,22+,23?,27+,28+/m1/s1. The Morgan fingerprint density at radius 3 is 2.42 bits per heavy atom. The average Bonchev–Trinajstić information content (AvgIpc) is 3.13. The van der Waals surface area contributed by atoms with Gasteiger partial charge in [0.1, 0.15) is 6.04 Å². The van der Waals surface area contributed by atoms with Crippen LogP contribution in [0.4, 0.5) is 5.69 Å². The molecule has 1 unspecified atom stereocenters. The smallest absolute Gasteiger partial charge is 0.247 e. The van der Waals surface area contributed by atoms with Crippen LogP contribution in [0.2, 0.25) is 0 Å². The summed E-state index contributed by atoms with van der Waals surface area (Å²) in [6, 6.07) is 8.81. The first-order chi connectivity index (χ1) is 17.4. The Kier molecular flexibility index (Phi) is 6.76. The Balaban J connectivity index is 1.58. The van der Waals surface area contributed by atoms with E-state index in [9.17, 15) is 19.5 Å². The van der Waals surface area contributed by atoms with Crippen molar-refractivity contribution in [2.45, 2.75) is 48.6 Å². The molecule has 2 fully saturated rings. The largest absolute Gasteiger partial charge is 0.395 e. The van der Waals surface area contributed by atoms with Crippen molar-refractivity contribution in [1.29, 1.82) is 0 Å². The van der Waals surface area contributed by atoms with Crippen LogP contribution >= 0.6 is 11.8 Å². The number of fused-ring (bicyclic) bond motifs is 2. The van der Waals surface area contributed by atoms with Gasteiger partial charge in [0.2, 0.25) is 17.7 Å². The second-order valence-electron chi connectivity index (χ2n) is 10.3. The van der Waals surface area contributed by atoms with Crippen LogP contribution in [0.3, 0.4) is 0 Å². The van der Waals surface area contributed by atoms with E-state index in [1.54, 1.807) is 21.6 Å². The predicted molar refractivity (Wildman–Crippen MR) is 141 cm³/mol. The number of rotatable bonds is 7. The summed E-state index contributed by atoms with van der Waals surface area (Å²) in [5.74, 6) is -1.68. The zero-order valence-electron chi connectivity index (χ0n) is 21.0. The Hall–Kier alpha value is -2.58. The van der Waals surface area contributed by atoms with Gasteiger partial charge >= 0.3 is 0 Å². The maximum Gasteiger partial charge on any atom is 0.247 e. The lowest BCUT2D eigenvalue weighted by Crippen LogP contribution is -2.54. The van der Waals surface area contributed by atoms with Gasteiger partial charge in [-0.2, -0.15) is 0 Å². The van der Waals surface area contributed by atoms with E-state index in [1.165, 1.54) is 0 Å². The van der Waals surface area contributed by atoms with Crippen LogP contribution < -0.4 is 4.90 Å². The number of benzene rings is 1. The van der Waals surface area contributed by atoms with Crippen molar-refractivity contribution in [2.24, 2.45) is 11.8 Å². The number of para-hydroxylation sites is 1. The van der Waals surface area contributed by atoms with Gasteiger partial charge in [-0.3, -0.25) is 14.4 Å². The first kappa shape index (κ1) is 25.1. The molecule has 1 N–H and O–H groups in total. The molecular weight excluding hydrogens is 474 g/mol. The molecule has 5 atom stereocenters. The summed E-state index contributed by atoms with van der Waals surface area (Å²) >= 11 is 1.58. The summed E-state index contributed by atoms with van der Waals surface area (Å²) in [6.07, 6.45) is 11.1. The summed E-state index contributed by atoms with van der Waals surface area (Å²) in [7, 11) is 0. The van der Waals surface area contributed by atoms with Gasteiger partial charge in [-0.05, 0) is 25.5 Å². The molecule has 0 bridgehead atoms. The van der Waals surface area contributed by atoms with Crippen molar-refractivity contribution in [2.75, 3.05) is 37.7 Å². The lowest BCUT2D eigenvalue weighted by atomic mass is 9.74. The van der Waals surface area contributed by atoms with Crippen molar-refractivity contribution in [3.8, 4) is 0 Å². The zero-order chi connectivity index (χ0) is 25.5. The predicted octanol–water partition coefficient (Wildman–Crippen LogP) is 2.86. The summed E-state index contributed by atoms with van der Waals surface area (Å²) in [4.78, 5) is 47.4. The molecule has 5 rings (SSSR count). The highest BCUT2D eigenvalue weighted by molar-refractivity contribution is 8.02. The molecule has 8 heteroatoms. The number of carbonyl (C=O) groups is 3. The fraction of sp³-hybridized carbons (Fsp3) is 0.536. The number of unbranched alkanes of at least 4 members (excludes halogenated alkanes) is 2. The molecule has 3 amide bonds. The average molecular weight is 510 g/mol. The number of β-amino-alcohol motifs (C(OH)–C–C–N with tert-alkyl or cyclic N) is 1. The minimum Gasteiger partial charge on any atom is -0.395 e. The van der Waals surface area contributed by atoms with Crippen molar-refractivity contribution in [1.82, 2.24) is 9.80 Å². The molecule has 7 nitrogen and oxygen atoms in total. The van der Waals surface area contributed by atoms with Crippen LogP contribution in [-0.4, -0.2) is 80.9 Å². The topological polar surface area (TPSA) is 81.2 Å². The van der Waals surface area contributed by atoms with Crippen molar-refractivity contribution >= 4 is 35.2 Å². The van der Waals surface area contributed by atoms with Crippen LogP contribution in [0.1, 0.15) is 33.1 Å². The highest BCUT2D eigenvalue weighted by Gasteiger charge is 2.73. The maximum atomic E-state index is 14.2. The van der Waals surface area contributed by atoms with Crippen LogP contribution in [0.15, 0.2) is 54.6 Å². The van der Waals surface area contributed by atoms with Gasteiger partial charge in [0, 0.05) is 36.6 Å². The third-order valence-corrected chi connectivity index (χ3v) is 9.88. The van der Waals surface area contributed by atoms with Gasteiger partial charge in [-0.25, -0.2) is 0 Å². The molecule has 4 aliphatic heterocycles. The number of hydrogen-bond acceptors (Lipinski definition) is 5. The Morgan fingerprint density at radius 2 is 1.69 bits per heavy atom. The highest BCUT2D eigenvalue weighted by atomic mass is 32.2.